The molecular formula is C18H17Cl3N2O2S. The molecule has 0 unspecified atom stereocenters. The molecular weight excluding hydrogens is 415 g/mol. The van der Waals surface area contributed by atoms with E-state index in [1.807, 2.05) is 18.2 Å². The average Bonchev–Trinajstić information content (AvgIpc) is 2.59. The molecule has 0 saturated heterocycles. The highest BCUT2D eigenvalue weighted by Crippen LogP contribution is 2.27. The van der Waals surface area contributed by atoms with Gasteiger partial charge < -0.3 is 15.4 Å². The third-order valence-electron chi connectivity index (χ3n) is 3.35. The van der Waals surface area contributed by atoms with E-state index in [0.717, 1.165) is 5.56 Å². The highest BCUT2D eigenvalue weighted by molar-refractivity contribution is 7.80. The molecule has 0 heterocycles. The van der Waals surface area contributed by atoms with Crippen LogP contribution in [0.3, 0.4) is 0 Å². The number of carbonyl (C=O) groups excluding carboxylic acids is 1. The van der Waals surface area contributed by atoms with Crippen LogP contribution in [-0.4, -0.2) is 17.6 Å². The fourth-order valence-corrected chi connectivity index (χ4v) is 2.91. The normalized spacial score (nSPS) is 10.3. The van der Waals surface area contributed by atoms with E-state index < -0.39 is 0 Å². The summed E-state index contributed by atoms with van der Waals surface area (Å²) >= 11 is 23.0. The number of carbonyl (C=O) groups is 1. The molecule has 0 bridgehead atoms. The first-order valence-corrected chi connectivity index (χ1v) is 9.39. The highest BCUT2D eigenvalue weighted by atomic mass is 35.5. The Bertz CT molecular complexity index is 787. The standard InChI is InChI=1S/C18H17Cl3N2O2S/c19-13-7-8-16(15(21)10-13)25-9-3-6-17(24)23-18(26)22-11-12-4-1-2-5-14(12)20/h1-2,4-5,7-8,10H,3,6,9,11H2,(H2,22,23,24,26). The van der Waals surface area contributed by atoms with E-state index >= 15 is 0 Å². The largest absolute Gasteiger partial charge is 0.492 e. The van der Waals surface area contributed by atoms with Gasteiger partial charge in [-0.1, -0.05) is 53.0 Å². The van der Waals surface area contributed by atoms with Crippen molar-refractivity contribution in [2.45, 2.75) is 19.4 Å². The van der Waals surface area contributed by atoms with Crippen LogP contribution in [0.1, 0.15) is 18.4 Å². The summed E-state index contributed by atoms with van der Waals surface area (Å²) in [5.74, 6) is 0.348. The molecule has 0 aromatic heterocycles. The number of amides is 1. The first-order chi connectivity index (χ1) is 12.5. The summed E-state index contributed by atoms with van der Waals surface area (Å²) in [5.41, 5.74) is 0.902. The van der Waals surface area contributed by atoms with E-state index in [9.17, 15) is 4.79 Å². The first kappa shape index (κ1) is 20.8. The minimum absolute atomic E-state index is 0.188. The van der Waals surface area contributed by atoms with Crippen LogP contribution < -0.4 is 15.4 Å². The molecule has 26 heavy (non-hydrogen) atoms. The maximum Gasteiger partial charge on any atom is 0.226 e. The smallest absolute Gasteiger partial charge is 0.226 e. The third-order valence-corrected chi connectivity index (χ3v) is 4.50. The predicted molar refractivity (Wildman–Crippen MR) is 110 cm³/mol. The van der Waals surface area contributed by atoms with Gasteiger partial charge in [-0.05, 0) is 48.5 Å². The van der Waals surface area contributed by atoms with Gasteiger partial charge in [-0.25, -0.2) is 0 Å². The molecule has 2 rings (SSSR count). The van der Waals surface area contributed by atoms with Crippen molar-refractivity contribution >= 4 is 58.0 Å². The van der Waals surface area contributed by atoms with Gasteiger partial charge in [0.25, 0.3) is 0 Å². The number of nitrogens with one attached hydrogen (secondary N) is 2. The van der Waals surface area contributed by atoms with E-state index in [0.29, 0.717) is 40.4 Å². The van der Waals surface area contributed by atoms with Crippen molar-refractivity contribution in [1.29, 1.82) is 0 Å². The average molecular weight is 432 g/mol. The minimum Gasteiger partial charge on any atom is -0.492 e. The maximum atomic E-state index is 11.9. The van der Waals surface area contributed by atoms with E-state index in [4.69, 9.17) is 51.8 Å². The van der Waals surface area contributed by atoms with Crippen LogP contribution in [0.5, 0.6) is 5.75 Å². The van der Waals surface area contributed by atoms with Crippen molar-refractivity contribution in [3.63, 3.8) is 0 Å². The van der Waals surface area contributed by atoms with E-state index in [-0.39, 0.29) is 17.4 Å². The predicted octanol–water partition coefficient (Wildman–Crippen LogP) is 5.00. The SMILES string of the molecule is O=C(CCCOc1ccc(Cl)cc1Cl)NC(=S)NCc1ccccc1Cl. The van der Waals surface area contributed by atoms with Gasteiger partial charge in [0.15, 0.2) is 5.11 Å². The Hall–Kier alpha value is -1.53. The van der Waals surface area contributed by atoms with Crippen LogP contribution >= 0.6 is 47.0 Å². The van der Waals surface area contributed by atoms with Crippen LogP contribution in [0.15, 0.2) is 42.5 Å². The van der Waals surface area contributed by atoms with Crippen molar-refractivity contribution in [1.82, 2.24) is 10.6 Å². The van der Waals surface area contributed by atoms with Gasteiger partial charge in [-0.15, -0.1) is 0 Å². The Labute approximate surface area is 172 Å². The molecule has 0 aliphatic rings. The summed E-state index contributed by atoms with van der Waals surface area (Å²) in [6, 6.07) is 12.4. The Morgan fingerprint density at radius 3 is 2.58 bits per heavy atom. The maximum absolute atomic E-state index is 11.9. The zero-order valence-electron chi connectivity index (χ0n) is 13.7. The molecule has 4 nitrogen and oxygen atoms in total. The number of benzene rings is 2. The summed E-state index contributed by atoms with van der Waals surface area (Å²) in [7, 11) is 0. The van der Waals surface area contributed by atoms with Crippen molar-refractivity contribution < 1.29 is 9.53 Å². The minimum atomic E-state index is -0.188. The molecule has 0 saturated carbocycles. The number of rotatable bonds is 7. The molecule has 2 aromatic rings. The van der Waals surface area contributed by atoms with Gasteiger partial charge in [-0.3, -0.25) is 4.79 Å². The lowest BCUT2D eigenvalue weighted by atomic mass is 10.2. The molecule has 8 heteroatoms. The van der Waals surface area contributed by atoms with Gasteiger partial charge >= 0.3 is 0 Å². The zero-order chi connectivity index (χ0) is 18.9. The summed E-state index contributed by atoms with van der Waals surface area (Å²) < 4.78 is 5.53. The van der Waals surface area contributed by atoms with Crippen LogP contribution in [-0.2, 0) is 11.3 Å². The topological polar surface area (TPSA) is 50.4 Å². The van der Waals surface area contributed by atoms with Gasteiger partial charge in [0, 0.05) is 23.0 Å². The fourth-order valence-electron chi connectivity index (χ4n) is 2.06. The summed E-state index contributed by atoms with van der Waals surface area (Å²) in [5, 5.41) is 7.46. The molecule has 138 valence electrons. The van der Waals surface area contributed by atoms with Gasteiger partial charge in [-0.2, -0.15) is 0 Å². The number of thiocarbonyl (C=S) groups is 1. The number of halogens is 3. The molecule has 2 aromatic carbocycles. The highest BCUT2D eigenvalue weighted by Gasteiger charge is 2.07. The molecule has 0 aliphatic heterocycles. The van der Waals surface area contributed by atoms with Crippen LogP contribution in [0.2, 0.25) is 15.1 Å². The Morgan fingerprint density at radius 1 is 1.08 bits per heavy atom. The van der Waals surface area contributed by atoms with E-state index in [2.05, 4.69) is 10.6 Å². The first-order valence-electron chi connectivity index (χ1n) is 7.84. The third kappa shape index (κ3) is 7.00. The van der Waals surface area contributed by atoms with E-state index in [1.165, 1.54) is 0 Å². The van der Waals surface area contributed by atoms with Crippen LogP contribution in [0, 0.1) is 0 Å². The second-order valence-corrected chi connectivity index (χ2v) is 7.01. The monoisotopic (exact) mass is 430 g/mol. The molecule has 0 spiro atoms. The van der Waals surface area contributed by atoms with Crippen LogP contribution in [0.4, 0.5) is 0 Å². The number of hydrogen-bond donors (Lipinski definition) is 2. The molecule has 0 fully saturated rings. The Balaban J connectivity index is 1.65. The molecule has 0 radical (unpaired) electrons. The molecule has 0 aliphatic carbocycles. The molecule has 1 amide bonds. The van der Waals surface area contributed by atoms with Crippen molar-refractivity contribution in [3.05, 3.63) is 63.1 Å². The summed E-state index contributed by atoms with van der Waals surface area (Å²) in [4.78, 5) is 11.9. The van der Waals surface area contributed by atoms with Crippen molar-refractivity contribution in [2.75, 3.05) is 6.61 Å². The molecule has 0 atom stereocenters. The van der Waals surface area contributed by atoms with Crippen molar-refractivity contribution in [3.8, 4) is 5.75 Å². The number of hydrogen-bond acceptors (Lipinski definition) is 3. The zero-order valence-corrected chi connectivity index (χ0v) is 16.8. The second-order valence-electron chi connectivity index (χ2n) is 5.35. The Morgan fingerprint density at radius 2 is 1.85 bits per heavy atom. The summed E-state index contributed by atoms with van der Waals surface area (Å²) in [6.45, 7) is 0.797. The lowest BCUT2D eigenvalue weighted by Gasteiger charge is -2.11. The fraction of sp³-hybridized carbons (Fsp3) is 0.222. The van der Waals surface area contributed by atoms with Crippen LogP contribution in [0.25, 0.3) is 0 Å². The lowest BCUT2D eigenvalue weighted by molar-refractivity contribution is -0.119. The quantitative estimate of drug-likeness (QED) is 0.478. The Kier molecular flexibility index (Phi) is 8.45. The number of ether oxygens (including phenoxy) is 1. The lowest BCUT2D eigenvalue weighted by Crippen LogP contribution is -2.38. The summed E-state index contributed by atoms with van der Waals surface area (Å²) in [6.07, 6.45) is 0.803. The van der Waals surface area contributed by atoms with E-state index in [1.54, 1.807) is 24.3 Å². The van der Waals surface area contributed by atoms with Gasteiger partial charge in [0.2, 0.25) is 5.91 Å². The second kappa shape index (κ2) is 10.6. The van der Waals surface area contributed by atoms with Gasteiger partial charge in [0.05, 0.1) is 11.6 Å². The van der Waals surface area contributed by atoms with Gasteiger partial charge in [0.1, 0.15) is 5.75 Å². The molecule has 2 N–H and O–H groups in total. The van der Waals surface area contributed by atoms with Crippen molar-refractivity contribution in [2.24, 2.45) is 0 Å².